The van der Waals surface area contributed by atoms with Crippen molar-refractivity contribution in [3.63, 3.8) is 0 Å². The standard InChI is InChI=1S/C18H17ClN4O2S/c1-18(2,15-13(19)5-4-6-20-15)23-17-21-8-12(9-22-17)11-7-14(26-10-11)16(24)25-3/h4-10H,1-3H3,(H,21,22,23). The van der Waals surface area contributed by atoms with Gasteiger partial charge in [0.1, 0.15) is 4.88 Å². The van der Waals surface area contributed by atoms with Gasteiger partial charge in [-0.1, -0.05) is 11.6 Å². The van der Waals surface area contributed by atoms with Crippen molar-refractivity contribution in [2.24, 2.45) is 0 Å². The van der Waals surface area contributed by atoms with Crippen LogP contribution in [0.2, 0.25) is 5.02 Å². The molecular weight excluding hydrogens is 372 g/mol. The van der Waals surface area contributed by atoms with Crippen molar-refractivity contribution < 1.29 is 9.53 Å². The average Bonchev–Trinajstić information content (AvgIpc) is 3.11. The van der Waals surface area contributed by atoms with E-state index >= 15 is 0 Å². The van der Waals surface area contributed by atoms with Crippen LogP contribution >= 0.6 is 22.9 Å². The smallest absolute Gasteiger partial charge is 0.348 e. The number of methoxy groups -OCH3 is 1. The molecule has 0 unspecified atom stereocenters. The zero-order chi connectivity index (χ0) is 18.7. The predicted octanol–water partition coefficient (Wildman–Crippen LogP) is 4.39. The third-order valence-electron chi connectivity index (χ3n) is 3.75. The van der Waals surface area contributed by atoms with E-state index in [0.717, 1.165) is 16.8 Å². The fourth-order valence-electron chi connectivity index (χ4n) is 2.42. The van der Waals surface area contributed by atoms with Crippen molar-refractivity contribution in [1.29, 1.82) is 0 Å². The largest absolute Gasteiger partial charge is 0.465 e. The molecule has 3 heterocycles. The second-order valence-electron chi connectivity index (χ2n) is 6.07. The van der Waals surface area contributed by atoms with Crippen molar-refractivity contribution in [1.82, 2.24) is 15.0 Å². The number of hydrogen-bond acceptors (Lipinski definition) is 7. The lowest BCUT2D eigenvalue weighted by Crippen LogP contribution is -2.30. The summed E-state index contributed by atoms with van der Waals surface area (Å²) in [4.78, 5) is 25.2. The number of ether oxygens (including phenoxy) is 1. The van der Waals surface area contributed by atoms with Gasteiger partial charge in [0.2, 0.25) is 5.95 Å². The SMILES string of the molecule is COC(=O)c1cc(-c2cnc(NC(C)(C)c3ncccc3Cl)nc2)cs1. The van der Waals surface area contributed by atoms with Crippen LogP contribution in [-0.4, -0.2) is 28.0 Å². The van der Waals surface area contributed by atoms with E-state index in [-0.39, 0.29) is 5.97 Å². The highest BCUT2D eigenvalue weighted by atomic mass is 35.5. The average molecular weight is 389 g/mol. The van der Waals surface area contributed by atoms with Gasteiger partial charge in [0.25, 0.3) is 0 Å². The highest BCUT2D eigenvalue weighted by Crippen LogP contribution is 2.29. The number of esters is 1. The molecule has 0 saturated carbocycles. The summed E-state index contributed by atoms with van der Waals surface area (Å²) in [5.74, 6) is 0.110. The number of rotatable bonds is 5. The van der Waals surface area contributed by atoms with Crippen molar-refractivity contribution in [3.8, 4) is 11.1 Å². The molecule has 6 nitrogen and oxygen atoms in total. The molecule has 0 aliphatic heterocycles. The van der Waals surface area contributed by atoms with E-state index < -0.39 is 5.54 Å². The molecule has 3 aromatic heterocycles. The number of aromatic nitrogens is 3. The number of nitrogens with one attached hydrogen (secondary N) is 1. The van der Waals surface area contributed by atoms with E-state index in [1.54, 1.807) is 36.8 Å². The first-order chi connectivity index (χ1) is 12.4. The van der Waals surface area contributed by atoms with Gasteiger partial charge in [-0.2, -0.15) is 0 Å². The van der Waals surface area contributed by atoms with E-state index in [2.05, 4.69) is 20.3 Å². The summed E-state index contributed by atoms with van der Waals surface area (Å²) in [5, 5.41) is 5.70. The first-order valence-corrected chi connectivity index (χ1v) is 9.05. The fourth-order valence-corrected chi connectivity index (χ4v) is 3.61. The number of halogens is 1. The molecule has 0 aliphatic carbocycles. The Kier molecular flexibility index (Phi) is 5.20. The maximum atomic E-state index is 11.6. The minimum absolute atomic E-state index is 0.352. The van der Waals surface area contributed by atoms with Gasteiger partial charge in [0, 0.05) is 24.2 Å². The lowest BCUT2D eigenvalue weighted by molar-refractivity contribution is 0.0606. The van der Waals surface area contributed by atoms with Crippen LogP contribution in [0.25, 0.3) is 11.1 Å². The Morgan fingerprint density at radius 2 is 1.96 bits per heavy atom. The van der Waals surface area contributed by atoms with Crippen LogP contribution in [0.1, 0.15) is 29.2 Å². The highest BCUT2D eigenvalue weighted by molar-refractivity contribution is 7.12. The number of carbonyl (C=O) groups is 1. The Morgan fingerprint density at radius 3 is 2.62 bits per heavy atom. The molecule has 134 valence electrons. The summed E-state index contributed by atoms with van der Waals surface area (Å²) in [5.41, 5.74) is 1.86. The number of hydrogen-bond donors (Lipinski definition) is 1. The van der Waals surface area contributed by atoms with E-state index in [4.69, 9.17) is 16.3 Å². The summed E-state index contributed by atoms with van der Waals surface area (Å²) in [6.07, 6.45) is 5.10. The molecular formula is C18H17ClN4O2S. The molecule has 0 aromatic carbocycles. The van der Waals surface area contributed by atoms with Crippen LogP contribution in [0.4, 0.5) is 5.95 Å². The van der Waals surface area contributed by atoms with Gasteiger partial charge in [0.15, 0.2) is 0 Å². The predicted molar refractivity (Wildman–Crippen MR) is 103 cm³/mol. The number of thiophene rings is 1. The van der Waals surface area contributed by atoms with Gasteiger partial charge in [-0.15, -0.1) is 11.3 Å². The van der Waals surface area contributed by atoms with Crippen LogP contribution in [-0.2, 0) is 10.3 Å². The molecule has 8 heteroatoms. The quantitative estimate of drug-likeness (QED) is 0.653. The zero-order valence-corrected chi connectivity index (χ0v) is 16.1. The zero-order valence-electron chi connectivity index (χ0n) is 14.5. The Hall–Kier alpha value is -2.51. The van der Waals surface area contributed by atoms with Gasteiger partial charge < -0.3 is 10.1 Å². The third-order valence-corrected chi connectivity index (χ3v) is 4.96. The molecule has 0 fully saturated rings. The first-order valence-electron chi connectivity index (χ1n) is 7.79. The minimum atomic E-state index is -0.541. The molecule has 0 atom stereocenters. The van der Waals surface area contributed by atoms with Gasteiger partial charge in [-0.05, 0) is 43.0 Å². The Balaban J connectivity index is 1.78. The second kappa shape index (κ2) is 7.39. The Labute approximate surface area is 160 Å². The van der Waals surface area contributed by atoms with Gasteiger partial charge >= 0.3 is 5.97 Å². The van der Waals surface area contributed by atoms with Gasteiger partial charge in [0.05, 0.1) is 23.4 Å². The normalized spacial score (nSPS) is 11.2. The first kappa shape index (κ1) is 18.3. The maximum absolute atomic E-state index is 11.6. The van der Waals surface area contributed by atoms with E-state index in [0.29, 0.717) is 15.8 Å². The second-order valence-corrected chi connectivity index (χ2v) is 7.39. The molecule has 0 saturated heterocycles. The summed E-state index contributed by atoms with van der Waals surface area (Å²) < 4.78 is 4.72. The lowest BCUT2D eigenvalue weighted by atomic mass is 10.00. The summed E-state index contributed by atoms with van der Waals surface area (Å²) in [6.45, 7) is 3.92. The van der Waals surface area contributed by atoms with Crippen LogP contribution < -0.4 is 5.32 Å². The van der Waals surface area contributed by atoms with Crippen molar-refractivity contribution in [2.45, 2.75) is 19.4 Å². The van der Waals surface area contributed by atoms with E-state index in [1.807, 2.05) is 19.2 Å². The Bertz CT molecular complexity index is 925. The van der Waals surface area contributed by atoms with Gasteiger partial charge in [-0.3, -0.25) is 4.98 Å². The summed E-state index contributed by atoms with van der Waals surface area (Å²) in [7, 11) is 1.36. The summed E-state index contributed by atoms with van der Waals surface area (Å²) in [6, 6.07) is 5.35. The van der Waals surface area contributed by atoms with E-state index in [1.165, 1.54) is 18.4 Å². The van der Waals surface area contributed by atoms with Crippen molar-refractivity contribution in [2.75, 3.05) is 12.4 Å². The monoisotopic (exact) mass is 388 g/mol. The molecule has 0 aliphatic rings. The molecule has 0 spiro atoms. The molecule has 3 rings (SSSR count). The third kappa shape index (κ3) is 3.84. The van der Waals surface area contributed by atoms with Crippen molar-refractivity contribution in [3.05, 3.63) is 57.8 Å². The lowest BCUT2D eigenvalue weighted by Gasteiger charge is -2.26. The molecule has 0 radical (unpaired) electrons. The van der Waals surface area contributed by atoms with Crippen molar-refractivity contribution >= 4 is 34.9 Å². The van der Waals surface area contributed by atoms with Gasteiger partial charge in [-0.25, -0.2) is 14.8 Å². The van der Waals surface area contributed by atoms with E-state index in [9.17, 15) is 4.79 Å². The molecule has 1 N–H and O–H groups in total. The highest BCUT2D eigenvalue weighted by Gasteiger charge is 2.25. The van der Waals surface area contributed by atoms with Crippen LogP contribution in [0.3, 0.4) is 0 Å². The molecule has 0 bridgehead atoms. The molecule has 0 amide bonds. The Morgan fingerprint density at radius 1 is 1.23 bits per heavy atom. The number of anilines is 1. The summed E-state index contributed by atoms with van der Waals surface area (Å²) >= 11 is 7.56. The number of pyridine rings is 1. The van der Waals surface area contributed by atoms with Crippen LogP contribution in [0, 0.1) is 0 Å². The maximum Gasteiger partial charge on any atom is 0.348 e. The number of carbonyl (C=O) groups excluding carboxylic acids is 1. The fraction of sp³-hybridized carbons (Fsp3) is 0.222. The number of nitrogens with zero attached hydrogens (tertiary/aromatic N) is 3. The topological polar surface area (TPSA) is 77.0 Å². The van der Waals surface area contributed by atoms with Crippen LogP contribution in [0.15, 0.2) is 42.2 Å². The minimum Gasteiger partial charge on any atom is -0.465 e. The van der Waals surface area contributed by atoms with Crippen LogP contribution in [0.5, 0.6) is 0 Å². The molecule has 26 heavy (non-hydrogen) atoms. The molecule has 3 aromatic rings.